The minimum atomic E-state index is 0.0186. The molecule has 0 unspecified atom stereocenters. The van der Waals surface area contributed by atoms with Gasteiger partial charge < -0.3 is 5.32 Å². The number of aromatic nitrogens is 1. The van der Waals surface area contributed by atoms with E-state index >= 15 is 0 Å². The summed E-state index contributed by atoms with van der Waals surface area (Å²) in [5.74, 6) is 0.440. The molecule has 19 heavy (non-hydrogen) atoms. The topological polar surface area (TPSA) is 42.0 Å². The van der Waals surface area contributed by atoms with Crippen LogP contribution in [0.2, 0.25) is 0 Å². The Morgan fingerprint density at radius 1 is 1.47 bits per heavy atom. The maximum Gasteiger partial charge on any atom is 0.226 e. The average molecular weight is 359 g/mol. The summed E-state index contributed by atoms with van der Waals surface area (Å²) in [6.07, 6.45) is 0.357. The molecule has 0 fully saturated rings. The number of carbonyl (C=O) groups excluding carboxylic acids is 1. The summed E-state index contributed by atoms with van der Waals surface area (Å²) in [6.45, 7) is 4.80. The third-order valence-corrected chi connectivity index (χ3v) is 5.31. The molecule has 0 aliphatic rings. The summed E-state index contributed by atoms with van der Waals surface area (Å²) in [5, 5.41) is 5.97. The minimum Gasteiger partial charge on any atom is -0.351 e. The van der Waals surface area contributed by atoms with Gasteiger partial charge in [0, 0.05) is 16.2 Å². The smallest absolute Gasteiger partial charge is 0.226 e. The second-order valence-electron chi connectivity index (χ2n) is 4.49. The van der Waals surface area contributed by atoms with Gasteiger partial charge in [0.05, 0.1) is 27.5 Å². The first-order chi connectivity index (χ1) is 9.04. The number of thiophene rings is 1. The Kier molecular flexibility index (Phi) is 5.13. The first-order valence-electron chi connectivity index (χ1n) is 6.00. The SMILES string of the molecule is CC(C)c1nc(CC(=O)NCc2ccc(Br)s2)cs1. The summed E-state index contributed by atoms with van der Waals surface area (Å²) in [5.41, 5.74) is 0.860. The zero-order valence-corrected chi connectivity index (χ0v) is 14.0. The summed E-state index contributed by atoms with van der Waals surface area (Å²) in [7, 11) is 0. The molecule has 0 aliphatic heterocycles. The van der Waals surface area contributed by atoms with Crippen LogP contribution in [0, 0.1) is 0 Å². The Bertz CT molecular complexity index is 562. The molecular formula is C13H15BrN2OS2. The van der Waals surface area contributed by atoms with Crippen LogP contribution < -0.4 is 5.32 Å². The molecule has 0 bridgehead atoms. The molecule has 0 atom stereocenters. The van der Waals surface area contributed by atoms with E-state index in [1.165, 1.54) is 0 Å². The summed E-state index contributed by atoms with van der Waals surface area (Å²) >= 11 is 6.66. The van der Waals surface area contributed by atoms with Crippen molar-refractivity contribution in [2.24, 2.45) is 0 Å². The number of nitrogens with one attached hydrogen (secondary N) is 1. The van der Waals surface area contributed by atoms with Crippen LogP contribution in [0.25, 0.3) is 0 Å². The predicted molar refractivity (Wildman–Crippen MR) is 83.8 cm³/mol. The largest absolute Gasteiger partial charge is 0.351 e. The Labute approximate surface area is 129 Å². The van der Waals surface area contributed by atoms with Crippen molar-refractivity contribution in [2.75, 3.05) is 0 Å². The quantitative estimate of drug-likeness (QED) is 0.878. The highest BCUT2D eigenvalue weighted by molar-refractivity contribution is 9.11. The lowest BCUT2D eigenvalue weighted by molar-refractivity contribution is -0.120. The number of thiazole rings is 1. The summed E-state index contributed by atoms with van der Waals surface area (Å²) in [4.78, 5) is 17.4. The molecule has 6 heteroatoms. The molecule has 1 N–H and O–H groups in total. The minimum absolute atomic E-state index is 0.0186. The molecule has 0 saturated carbocycles. The van der Waals surface area contributed by atoms with Crippen LogP contribution >= 0.6 is 38.6 Å². The van der Waals surface area contributed by atoms with Gasteiger partial charge in [0.1, 0.15) is 0 Å². The van der Waals surface area contributed by atoms with Gasteiger partial charge >= 0.3 is 0 Å². The first kappa shape index (κ1) is 14.7. The van der Waals surface area contributed by atoms with Crippen LogP contribution in [0.5, 0.6) is 0 Å². The zero-order valence-electron chi connectivity index (χ0n) is 10.8. The van der Waals surface area contributed by atoms with Gasteiger partial charge in [0.2, 0.25) is 5.91 Å². The van der Waals surface area contributed by atoms with E-state index in [1.807, 2.05) is 17.5 Å². The van der Waals surface area contributed by atoms with Crippen molar-refractivity contribution >= 4 is 44.5 Å². The monoisotopic (exact) mass is 358 g/mol. The van der Waals surface area contributed by atoms with Gasteiger partial charge in [-0.15, -0.1) is 22.7 Å². The summed E-state index contributed by atoms with van der Waals surface area (Å²) in [6, 6.07) is 4.00. The number of amides is 1. The lowest BCUT2D eigenvalue weighted by Crippen LogP contribution is -2.24. The van der Waals surface area contributed by atoms with Gasteiger partial charge in [-0.1, -0.05) is 13.8 Å². The normalized spacial score (nSPS) is 10.9. The first-order valence-corrected chi connectivity index (χ1v) is 8.48. The Hall–Kier alpha value is -0.720. The Morgan fingerprint density at radius 2 is 2.26 bits per heavy atom. The van der Waals surface area contributed by atoms with Crippen LogP contribution in [-0.4, -0.2) is 10.9 Å². The molecule has 0 aromatic carbocycles. The molecule has 2 aromatic rings. The molecular weight excluding hydrogens is 344 g/mol. The van der Waals surface area contributed by atoms with Gasteiger partial charge in [-0.3, -0.25) is 4.79 Å². The molecule has 102 valence electrons. The van der Waals surface area contributed by atoms with Crippen LogP contribution in [0.15, 0.2) is 21.3 Å². The molecule has 2 heterocycles. The lowest BCUT2D eigenvalue weighted by atomic mass is 10.2. The van der Waals surface area contributed by atoms with E-state index in [0.717, 1.165) is 19.4 Å². The molecule has 0 spiro atoms. The van der Waals surface area contributed by atoms with E-state index < -0.39 is 0 Å². The van der Waals surface area contributed by atoms with Crippen molar-refractivity contribution in [3.8, 4) is 0 Å². The van der Waals surface area contributed by atoms with E-state index in [2.05, 4.69) is 40.1 Å². The van der Waals surface area contributed by atoms with Crippen LogP contribution in [0.3, 0.4) is 0 Å². The zero-order chi connectivity index (χ0) is 13.8. The van der Waals surface area contributed by atoms with E-state index in [0.29, 0.717) is 18.9 Å². The highest BCUT2D eigenvalue weighted by Gasteiger charge is 2.09. The van der Waals surface area contributed by atoms with Gasteiger partial charge in [-0.05, 0) is 28.1 Å². The number of hydrogen-bond donors (Lipinski definition) is 1. The fourth-order valence-corrected chi connectivity index (χ4v) is 3.79. The number of nitrogens with zero attached hydrogens (tertiary/aromatic N) is 1. The van der Waals surface area contributed by atoms with Gasteiger partial charge in [0.25, 0.3) is 0 Å². The Morgan fingerprint density at radius 3 is 2.84 bits per heavy atom. The highest BCUT2D eigenvalue weighted by Crippen LogP contribution is 2.22. The molecule has 2 rings (SSSR count). The van der Waals surface area contributed by atoms with Crippen molar-refractivity contribution < 1.29 is 4.79 Å². The van der Waals surface area contributed by atoms with Crippen molar-refractivity contribution in [3.05, 3.63) is 36.9 Å². The van der Waals surface area contributed by atoms with Crippen molar-refractivity contribution in [1.29, 1.82) is 0 Å². The van der Waals surface area contributed by atoms with Crippen LogP contribution in [-0.2, 0) is 17.8 Å². The van der Waals surface area contributed by atoms with Crippen molar-refractivity contribution in [1.82, 2.24) is 10.3 Å². The van der Waals surface area contributed by atoms with Crippen LogP contribution in [0.1, 0.15) is 35.3 Å². The van der Waals surface area contributed by atoms with E-state index in [9.17, 15) is 4.79 Å². The molecule has 0 aliphatic carbocycles. The Balaban J connectivity index is 1.83. The lowest BCUT2D eigenvalue weighted by Gasteiger charge is -2.02. The van der Waals surface area contributed by atoms with Crippen molar-refractivity contribution in [2.45, 2.75) is 32.7 Å². The number of halogens is 1. The fraction of sp³-hybridized carbons (Fsp3) is 0.385. The van der Waals surface area contributed by atoms with Gasteiger partial charge in [-0.25, -0.2) is 4.98 Å². The molecule has 3 nitrogen and oxygen atoms in total. The third kappa shape index (κ3) is 4.40. The number of rotatable bonds is 5. The second-order valence-corrected chi connectivity index (χ2v) is 7.93. The highest BCUT2D eigenvalue weighted by atomic mass is 79.9. The average Bonchev–Trinajstić information content (AvgIpc) is 2.96. The van der Waals surface area contributed by atoms with Crippen molar-refractivity contribution in [3.63, 3.8) is 0 Å². The maximum atomic E-state index is 11.8. The second kappa shape index (κ2) is 6.63. The number of hydrogen-bond acceptors (Lipinski definition) is 4. The van der Waals surface area contributed by atoms with E-state index in [4.69, 9.17) is 0 Å². The fourth-order valence-electron chi connectivity index (χ4n) is 1.53. The standard InChI is InChI=1S/C13H15BrN2OS2/c1-8(2)13-16-9(7-18-13)5-12(17)15-6-10-3-4-11(14)19-10/h3-4,7-8H,5-6H2,1-2H3,(H,15,17). The van der Waals surface area contributed by atoms with Crippen LogP contribution in [0.4, 0.5) is 0 Å². The number of carbonyl (C=O) groups is 1. The summed E-state index contributed by atoms with van der Waals surface area (Å²) < 4.78 is 1.08. The maximum absolute atomic E-state index is 11.8. The molecule has 1 amide bonds. The van der Waals surface area contributed by atoms with E-state index in [-0.39, 0.29) is 5.91 Å². The van der Waals surface area contributed by atoms with E-state index in [1.54, 1.807) is 22.7 Å². The molecule has 0 saturated heterocycles. The van der Waals surface area contributed by atoms with Gasteiger partial charge in [-0.2, -0.15) is 0 Å². The predicted octanol–water partition coefficient (Wildman–Crippen LogP) is 3.95. The molecule has 2 aromatic heterocycles. The third-order valence-electron chi connectivity index (χ3n) is 2.49. The van der Waals surface area contributed by atoms with Gasteiger partial charge in [0.15, 0.2) is 0 Å². The molecule has 0 radical (unpaired) electrons.